The van der Waals surface area contributed by atoms with E-state index in [4.69, 9.17) is 5.26 Å². The summed E-state index contributed by atoms with van der Waals surface area (Å²) < 4.78 is 25.2. The van der Waals surface area contributed by atoms with Crippen LogP contribution in [0.25, 0.3) is 0 Å². The van der Waals surface area contributed by atoms with Gasteiger partial charge in [-0.3, -0.25) is 4.79 Å². The molecular weight excluding hydrogens is 236 g/mol. The molecule has 0 spiro atoms. The third-order valence-corrected chi connectivity index (χ3v) is 4.35. The van der Waals surface area contributed by atoms with Gasteiger partial charge in [0.05, 0.1) is 6.54 Å². The van der Waals surface area contributed by atoms with Crippen LogP contribution in [0.5, 0.6) is 0 Å². The molecule has 1 aromatic heterocycles. The fraction of sp³-hybridized carbons (Fsp3) is 0.250. The second-order valence-corrected chi connectivity index (χ2v) is 5.83. The second kappa shape index (κ2) is 4.53. The van der Waals surface area contributed by atoms with E-state index in [0.29, 0.717) is 4.88 Å². The molecule has 5 nitrogen and oxygen atoms in total. The molecule has 1 rings (SSSR count). The average molecular weight is 244 g/mol. The molecule has 0 amide bonds. The van der Waals surface area contributed by atoms with Crippen molar-refractivity contribution in [1.82, 2.24) is 4.72 Å². The number of rotatable bonds is 4. The molecule has 0 aliphatic carbocycles. The Kier molecular flexibility index (Phi) is 3.57. The first-order valence-electron chi connectivity index (χ1n) is 3.95. The van der Waals surface area contributed by atoms with Crippen LogP contribution in [0.2, 0.25) is 0 Å². The van der Waals surface area contributed by atoms with Crippen LogP contribution in [0.15, 0.2) is 16.3 Å². The highest BCUT2D eigenvalue weighted by Crippen LogP contribution is 2.20. The predicted octanol–water partition coefficient (Wildman–Crippen LogP) is 0.487. The third kappa shape index (κ3) is 3.13. The lowest BCUT2D eigenvalue weighted by molar-refractivity contribution is -0.115. The van der Waals surface area contributed by atoms with Crippen LogP contribution in [0.1, 0.15) is 11.8 Å². The van der Waals surface area contributed by atoms with Crippen molar-refractivity contribution in [2.75, 3.05) is 6.54 Å². The predicted molar refractivity (Wildman–Crippen MR) is 54.9 cm³/mol. The molecule has 0 aliphatic rings. The molecule has 1 N–H and O–H groups in total. The number of thiophene rings is 1. The normalized spacial score (nSPS) is 10.9. The van der Waals surface area contributed by atoms with Crippen LogP contribution in [0.3, 0.4) is 0 Å². The maximum Gasteiger partial charge on any atom is 0.250 e. The second-order valence-electron chi connectivity index (χ2n) is 2.76. The third-order valence-electron chi connectivity index (χ3n) is 1.47. The number of ketones is 1. The molecule has 0 saturated carbocycles. The summed E-state index contributed by atoms with van der Waals surface area (Å²) in [6.45, 7) is 1.06. The van der Waals surface area contributed by atoms with E-state index in [1.807, 2.05) is 6.07 Å². The smallest absolute Gasteiger partial charge is 0.250 e. The molecule has 15 heavy (non-hydrogen) atoms. The Labute approximate surface area is 91.4 Å². The zero-order valence-electron chi connectivity index (χ0n) is 7.85. The summed E-state index contributed by atoms with van der Waals surface area (Å²) in [7, 11) is -3.65. The lowest BCUT2D eigenvalue weighted by Crippen LogP contribution is -2.27. The lowest BCUT2D eigenvalue weighted by atomic mass is 10.5. The summed E-state index contributed by atoms with van der Waals surface area (Å²) in [5.74, 6) is -0.268. The number of nitrogens with zero attached hydrogens (tertiary/aromatic N) is 1. The number of Topliss-reactive ketones (excluding diaryl/α,β-unsaturated/α-hetero) is 1. The van der Waals surface area contributed by atoms with E-state index in [1.54, 1.807) is 0 Å². The van der Waals surface area contributed by atoms with Crippen molar-refractivity contribution >= 4 is 27.1 Å². The SMILES string of the molecule is CC(=O)CNS(=O)(=O)c1ccc(C#N)s1. The molecule has 1 heterocycles. The first-order chi connectivity index (χ1) is 6.95. The van der Waals surface area contributed by atoms with Crippen molar-refractivity contribution in [2.24, 2.45) is 0 Å². The molecule has 80 valence electrons. The molecule has 0 atom stereocenters. The fourth-order valence-electron chi connectivity index (χ4n) is 0.792. The van der Waals surface area contributed by atoms with Crippen molar-refractivity contribution in [3.8, 4) is 6.07 Å². The number of carbonyl (C=O) groups is 1. The minimum absolute atomic E-state index is 0.0419. The van der Waals surface area contributed by atoms with Crippen molar-refractivity contribution < 1.29 is 13.2 Å². The molecule has 0 saturated heterocycles. The topological polar surface area (TPSA) is 87.0 Å². The zero-order chi connectivity index (χ0) is 11.5. The van der Waals surface area contributed by atoms with Crippen LogP contribution in [-0.4, -0.2) is 20.7 Å². The van der Waals surface area contributed by atoms with Crippen LogP contribution >= 0.6 is 11.3 Å². The van der Waals surface area contributed by atoms with Crippen molar-refractivity contribution in [3.05, 3.63) is 17.0 Å². The molecule has 7 heteroatoms. The Morgan fingerprint density at radius 2 is 2.27 bits per heavy atom. The van der Waals surface area contributed by atoms with E-state index in [0.717, 1.165) is 11.3 Å². The molecule has 1 aromatic rings. The average Bonchev–Trinajstić information content (AvgIpc) is 2.63. The van der Waals surface area contributed by atoms with Crippen molar-refractivity contribution in [1.29, 1.82) is 5.26 Å². The first kappa shape index (κ1) is 11.8. The van der Waals surface area contributed by atoms with Gasteiger partial charge in [-0.05, 0) is 19.1 Å². The Hall–Kier alpha value is -1.23. The molecular formula is C8H8N2O3S2. The Morgan fingerprint density at radius 1 is 1.60 bits per heavy atom. The largest absolute Gasteiger partial charge is 0.299 e. The number of hydrogen-bond donors (Lipinski definition) is 1. The minimum atomic E-state index is -3.65. The molecule has 0 radical (unpaired) electrons. The van der Waals surface area contributed by atoms with Gasteiger partial charge in [0, 0.05) is 0 Å². The summed E-state index contributed by atoms with van der Waals surface area (Å²) in [5.41, 5.74) is 0. The molecule has 0 fully saturated rings. The summed E-state index contributed by atoms with van der Waals surface area (Å²) in [6.07, 6.45) is 0. The van der Waals surface area contributed by atoms with E-state index < -0.39 is 10.0 Å². The van der Waals surface area contributed by atoms with Gasteiger partial charge in [-0.2, -0.15) is 5.26 Å². The monoisotopic (exact) mass is 244 g/mol. The Morgan fingerprint density at radius 3 is 2.73 bits per heavy atom. The van der Waals surface area contributed by atoms with Gasteiger partial charge in [-0.15, -0.1) is 11.3 Å². The highest BCUT2D eigenvalue weighted by atomic mass is 32.2. The summed E-state index contributed by atoms with van der Waals surface area (Å²) in [4.78, 5) is 10.9. The van der Waals surface area contributed by atoms with E-state index in [-0.39, 0.29) is 16.5 Å². The van der Waals surface area contributed by atoms with Gasteiger partial charge in [-0.25, -0.2) is 13.1 Å². The number of carbonyl (C=O) groups excluding carboxylic acids is 1. The summed E-state index contributed by atoms with van der Waals surface area (Å²) in [5, 5.41) is 8.53. The number of nitriles is 1. The quantitative estimate of drug-likeness (QED) is 0.834. The van der Waals surface area contributed by atoms with Gasteiger partial charge in [0.2, 0.25) is 10.0 Å². The van der Waals surface area contributed by atoms with Gasteiger partial charge in [0.25, 0.3) is 0 Å². The number of hydrogen-bond acceptors (Lipinski definition) is 5. The fourth-order valence-corrected chi connectivity index (χ4v) is 2.99. The van der Waals surface area contributed by atoms with Crippen molar-refractivity contribution in [2.45, 2.75) is 11.1 Å². The highest BCUT2D eigenvalue weighted by Gasteiger charge is 2.16. The first-order valence-corrected chi connectivity index (χ1v) is 6.25. The zero-order valence-corrected chi connectivity index (χ0v) is 9.48. The van der Waals surface area contributed by atoms with Crippen molar-refractivity contribution in [3.63, 3.8) is 0 Å². The standard InChI is InChI=1S/C8H8N2O3S2/c1-6(11)5-10-15(12,13)8-3-2-7(4-9)14-8/h2-3,10H,5H2,1H3. The Bertz CT molecular complexity index is 510. The van der Waals surface area contributed by atoms with Crippen LogP contribution in [0.4, 0.5) is 0 Å². The van der Waals surface area contributed by atoms with Crippen LogP contribution in [-0.2, 0) is 14.8 Å². The Balaban J connectivity index is 2.87. The maximum absolute atomic E-state index is 11.5. The lowest BCUT2D eigenvalue weighted by Gasteiger charge is -2.00. The molecule has 0 aliphatic heterocycles. The van der Waals surface area contributed by atoms with Crippen LogP contribution < -0.4 is 4.72 Å². The minimum Gasteiger partial charge on any atom is -0.299 e. The molecule has 0 bridgehead atoms. The van der Waals surface area contributed by atoms with Gasteiger partial charge in [0.15, 0.2) is 0 Å². The molecule has 0 unspecified atom stereocenters. The van der Waals surface area contributed by atoms with E-state index in [2.05, 4.69) is 4.72 Å². The van der Waals surface area contributed by atoms with Crippen LogP contribution in [0, 0.1) is 11.3 Å². The van der Waals surface area contributed by atoms with E-state index in [9.17, 15) is 13.2 Å². The van der Waals surface area contributed by atoms with E-state index >= 15 is 0 Å². The molecule has 0 aromatic carbocycles. The van der Waals surface area contributed by atoms with Gasteiger partial charge < -0.3 is 0 Å². The van der Waals surface area contributed by atoms with Gasteiger partial charge in [0.1, 0.15) is 20.9 Å². The van der Waals surface area contributed by atoms with E-state index in [1.165, 1.54) is 19.1 Å². The van der Waals surface area contributed by atoms with Gasteiger partial charge in [-0.1, -0.05) is 0 Å². The maximum atomic E-state index is 11.5. The number of nitrogens with one attached hydrogen (secondary N) is 1. The highest BCUT2D eigenvalue weighted by molar-refractivity contribution is 7.91. The summed E-state index contributed by atoms with van der Waals surface area (Å²) >= 11 is 0.869. The van der Waals surface area contributed by atoms with Gasteiger partial charge >= 0.3 is 0 Å². The number of sulfonamides is 1. The summed E-state index contributed by atoms with van der Waals surface area (Å²) in [6, 6.07) is 4.61.